The molecule has 90 valence electrons. The Morgan fingerprint density at radius 2 is 2.35 bits per heavy atom. The molecule has 1 atom stereocenters. The number of rotatable bonds is 2. The molecular formula is C12H15FN4. The van der Waals surface area contributed by atoms with Crippen LogP contribution in [0.25, 0.3) is 11.0 Å². The summed E-state index contributed by atoms with van der Waals surface area (Å²) in [5.74, 6) is 0.478. The van der Waals surface area contributed by atoms with E-state index < -0.39 is 0 Å². The van der Waals surface area contributed by atoms with Gasteiger partial charge in [0.25, 0.3) is 0 Å². The van der Waals surface area contributed by atoms with Crippen molar-refractivity contribution in [2.24, 2.45) is 0 Å². The van der Waals surface area contributed by atoms with Crippen LogP contribution in [0.5, 0.6) is 0 Å². The summed E-state index contributed by atoms with van der Waals surface area (Å²) in [4.78, 5) is 7.48. The maximum absolute atomic E-state index is 13.0. The number of fused-ring (bicyclic) bond motifs is 1. The largest absolute Gasteiger partial charge is 0.352 e. The summed E-state index contributed by atoms with van der Waals surface area (Å²) in [6.07, 6.45) is 2.31. The van der Waals surface area contributed by atoms with Gasteiger partial charge in [0, 0.05) is 12.6 Å². The zero-order valence-electron chi connectivity index (χ0n) is 9.46. The van der Waals surface area contributed by atoms with E-state index in [-0.39, 0.29) is 5.82 Å². The molecule has 1 aromatic carbocycles. The Bertz CT molecular complexity index is 516. The minimum absolute atomic E-state index is 0.243. The molecule has 0 saturated carbocycles. The lowest BCUT2D eigenvalue weighted by molar-refractivity contribution is 0.478. The highest BCUT2D eigenvalue weighted by Crippen LogP contribution is 2.17. The second-order valence-corrected chi connectivity index (χ2v) is 4.43. The Labute approximate surface area is 98.6 Å². The Morgan fingerprint density at radius 3 is 3.18 bits per heavy atom. The van der Waals surface area contributed by atoms with E-state index in [2.05, 4.69) is 20.6 Å². The van der Waals surface area contributed by atoms with Crippen LogP contribution < -0.4 is 10.6 Å². The number of hydrogen-bond acceptors (Lipinski definition) is 3. The van der Waals surface area contributed by atoms with E-state index in [4.69, 9.17) is 0 Å². The van der Waals surface area contributed by atoms with Gasteiger partial charge in [-0.1, -0.05) is 0 Å². The van der Waals surface area contributed by atoms with Gasteiger partial charge in [0.15, 0.2) is 0 Å². The first kappa shape index (κ1) is 10.5. The number of aromatic amines is 1. The molecule has 0 spiro atoms. The van der Waals surface area contributed by atoms with Crippen molar-refractivity contribution < 1.29 is 4.39 Å². The SMILES string of the molecule is Fc1ccc2nc(NC3CCCNC3)[nH]c2c1. The van der Waals surface area contributed by atoms with Crippen molar-refractivity contribution in [1.29, 1.82) is 0 Å². The van der Waals surface area contributed by atoms with E-state index in [1.807, 2.05) is 0 Å². The van der Waals surface area contributed by atoms with Crippen LogP contribution in [0.15, 0.2) is 18.2 Å². The highest BCUT2D eigenvalue weighted by molar-refractivity contribution is 5.77. The highest BCUT2D eigenvalue weighted by Gasteiger charge is 2.14. The molecule has 1 saturated heterocycles. The van der Waals surface area contributed by atoms with E-state index in [9.17, 15) is 4.39 Å². The summed E-state index contributed by atoms with van der Waals surface area (Å²) in [6.45, 7) is 2.04. The summed E-state index contributed by atoms with van der Waals surface area (Å²) in [5.41, 5.74) is 1.52. The Balaban J connectivity index is 1.80. The van der Waals surface area contributed by atoms with Crippen LogP contribution in [0.4, 0.5) is 10.3 Å². The lowest BCUT2D eigenvalue weighted by Crippen LogP contribution is -2.38. The molecule has 0 amide bonds. The monoisotopic (exact) mass is 234 g/mol. The molecule has 0 bridgehead atoms. The summed E-state index contributed by atoms with van der Waals surface area (Å²) in [7, 11) is 0. The number of imidazole rings is 1. The summed E-state index contributed by atoms with van der Waals surface area (Å²) < 4.78 is 13.0. The van der Waals surface area contributed by atoms with Gasteiger partial charge in [0.05, 0.1) is 11.0 Å². The van der Waals surface area contributed by atoms with Gasteiger partial charge in [0.1, 0.15) is 5.82 Å². The van der Waals surface area contributed by atoms with E-state index >= 15 is 0 Å². The smallest absolute Gasteiger partial charge is 0.201 e. The lowest BCUT2D eigenvalue weighted by atomic mass is 10.1. The quantitative estimate of drug-likeness (QED) is 0.743. The zero-order chi connectivity index (χ0) is 11.7. The third-order valence-electron chi connectivity index (χ3n) is 3.08. The lowest BCUT2D eigenvalue weighted by Gasteiger charge is -2.23. The second kappa shape index (κ2) is 4.33. The molecular weight excluding hydrogens is 219 g/mol. The van der Waals surface area contributed by atoms with Crippen molar-refractivity contribution >= 4 is 17.0 Å². The van der Waals surface area contributed by atoms with Crippen LogP contribution in [-0.2, 0) is 0 Å². The number of halogens is 1. The van der Waals surface area contributed by atoms with Gasteiger partial charge in [-0.15, -0.1) is 0 Å². The molecule has 17 heavy (non-hydrogen) atoms. The van der Waals surface area contributed by atoms with Crippen molar-refractivity contribution in [2.75, 3.05) is 18.4 Å². The van der Waals surface area contributed by atoms with E-state index in [0.717, 1.165) is 36.5 Å². The van der Waals surface area contributed by atoms with Crippen LogP contribution in [0, 0.1) is 5.82 Å². The van der Waals surface area contributed by atoms with Gasteiger partial charge >= 0.3 is 0 Å². The highest BCUT2D eigenvalue weighted by atomic mass is 19.1. The van der Waals surface area contributed by atoms with E-state index in [1.54, 1.807) is 6.07 Å². The van der Waals surface area contributed by atoms with Crippen LogP contribution in [-0.4, -0.2) is 29.1 Å². The standard InChI is InChI=1S/C12H15FN4/c13-8-3-4-10-11(6-8)17-12(16-10)15-9-2-1-5-14-7-9/h3-4,6,9,14H,1-2,5,7H2,(H2,15,16,17). The third-order valence-corrected chi connectivity index (χ3v) is 3.08. The van der Waals surface area contributed by atoms with Crippen LogP contribution in [0.2, 0.25) is 0 Å². The van der Waals surface area contributed by atoms with Gasteiger partial charge in [-0.25, -0.2) is 9.37 Å². The number of aromatic nitrogens is 2. The molecule has 0 radical (unpaired) electrons. The average molecular weight is 234 g/mol. The number of piperidine rings is 1. The second-order valence-electron chi connectivity index (χ2n) is 4.43. The Hall–Kier alpha value is -1.62. The number of anilines is 1. The van der Waals surface area contributed by atoms with Gasteiger partial charge < -0.3 is 15.6 Å². The molecule has 5 heteroatoms. The average Bonchev–Trinajstić information content (AvgIpc) is 2.71. The van der Waals surface area contributed by atoms with E-state index in [1.165, 1.54) is 18.6 Å². The fourth-order valence-corrected chi connectivity index (χ4v) is 2.22. The van der Waals surface area contributed by atoms with Gasteiger partial charge in [-0.3, -0.25) is 0 Å². The molecule has 2 aromatic rings. The fraction of sp³-hybridized carbons (Fsp3) is 0.417. The number of nitrogens with zero attached hydrogens (tertiary/aromatic N) is 1. The maximum atomic E-state index is 13.0. The summed E-state index contributed by atoms with van der Waals surface area (Å²) in [5, 5.41) is 6.67. The Morgan fingerprint density at radius 1 is 1.41 bits per heavy atom. The zero-order valence-corrected chi connectivity index (χ0v) is 9.46. The van der Waals surface area contributed by atoms with Gasteiger partial charge in [-0.05, 0) is 37.6 Å². The van der Waals surface area contributed by atoms with Crippen LogP contribution in [0.1, 0.15) is 12.8 Å². The van der Waals surface area contributed by atoms with E-state index in [0.29, 0.717) is 6.04 Å². The summed E-state index contributed by atoms with van der Waals surface area (Å²) >= 11 is 0. The Kier molecular flexibility index (Phi) is 2.68. The van der Waals surface area contributed by atoms with Crippen molar-refractivity contribution in [3.63, 3.8) is 0 Å². The molecule has 4 nitrogen and oxygen atoms in total. The molecule has 1 fully saturated rings. The topological polar surface area (TPSA) is 52.7 Å². The maximum Gasteiger partial charge on any atom is 0.201 e. The van der Waals surface area contributed by atoms with Crippen molar-refractivity contribution in [3.05, 3.63) is 24.0 Å². The predicted octanol–water partition coefficient (Wildman–Crippen LogP) is 1.87. The molecule has 1 aromatic heterocycles. The minimum atomic E-state index is -0.243. The first-order chi connectivity index (χ1) is 8.31. The van der Waals surface area contributed by atoms with Crippen molar-refractivity contribution in [3.8, 4) is 0 Å². The number of nitrogens with one attached hydrogen (secondary N) is 3. The van der Waals surface area contributed by atoms with Gasteiger partial charge in [0.2, 0.25) is 5.95 Å². The van der Waals surface area contributed by atoms with Crippen molar-refractivity contribution in [1.82, 2.24) is 15.3 Å². The first-order valence-electron chi connectivity index (χ1n) is 5.94. The predicted molar refractivity (Wildman–Crippen MR) is 65.6 cm³/mol. The summed E-state index contributed by atoms with van der Waals surface area (Å²) in [6, 6.07) is 4.97. The normalized spacial score (nSPS) is 20.6. The van der Waals surface area contributed by atoms with Gasteiger partial charge in [-0.2, -0.15) is 0 Å². The fourth-order valence-electron chi connectivity index (χ4n) is 2.22. The van der Waals surface area contributed by atoms with Crippen LogP contribution in [0.3, 0.4) is 0 Å². The molecule has 2 heterocycles. The third kappa shape index (κ3) is 2.24. The molecule has 3 rings (SSSR count). The number of hydrogen-bond donors (Lipinski definition) is 3. The number of H-pyrrole nitrogens is 1. The molecule has 1 aliphatic rings. The number of benzene rings is 1. The first-order valence-corrected chi connectivity index (χ1v) is 5.94. The molecule has 3 N–H and O–H groups in total. The molecule has 1 unspecified atom stereocenters. The molecule has 0 aliphatic carbocycles. The van der Waals surface area contributed by atoms with Crippen molar-refractivity contribution in [2.45, 2.75) is 18.9 Å². The molecule has 1 aliphatic heterocycles. The van der Waals surface area contributed by atoms with Crippen LogP contribution >= 0.6 is 0 Å². The minimum Gasteiger partial charge on any atom is -0.352 e.